The number of β-amino-alcohol motifs (C(OH)–C–C–N with tert-alkyl or cyclic N) is 1. The summed E-state index contributed by atoms with van der Waals surface area (Å²) in [7, 11) is 0. The molecule has 2 heterocycles. The van der Waals surface area contributed by atoms with Crippen LogP contribution in [0.25, 0.3) is 0 Å². The molecule has 110 valence electrons. The van der Waals surface area contributed by atoms with Crippen molar-refractivity contribution >= 4 is 5.91 Å². The molecule has 20 heavy (non-hydrogen) atoms. The lowest BCUT2D eigenvalue weighted by Gasteiger charge is -2.17. The van der Waals surface area contributed by atoms with Gasteiger partial charge in [-0.25, -0.2) is 4.79 Å². The van der Waals surface area contributed by atoms with Crippen LogP contribution in [0.5, 0.6) is 0 Å². The van der Waals surface area contributed by atoms with Crippen LogP contribution in [0, 0.1) is 0 Å². The van der Waals surface area contributed by atoms with Crippen LogP contribution in [-0.4, -0.2) is 51.2 Å². The van der Waals surface area contributed by atoms with E-state index in [1.807, 2.05) is 0 Å². The van der Waals surface area contributed by atoms with Crippen LogP contribution < -0.4 is 17.0 Å². The van der Waals surface area contributed by atoms with E-state index in [0.29, 0.717) is 19.4 Å². The number of carbonyl (C=O) groups excluding carboxylic acids is 1. The summed E-state index contributed by atoms with van der Waals surface area (Å²) >= 11 is 0. The third-order valence-corrected chi connectivity index (χ3v) is 3.41. The highest BCUT2D eigenvalue weighted by Gasteiger charge is 2.35. The first kappa shape index (κ1) is 14.5. The summed E-state index contributed by atoms with van der Waals surface area (Å²) in [5.41, 5.74) is 4.28. The zero-order valence-corrected chi connectivity index (χ0v) is 11.0. The van der Waals surface area contributed by atoms with Crippen LogP contribution in [0.15, 0.2) is 21.9 Å². The fourth-order valence-electron chi connectivity index (χ4n) is 2.35. The number of aromatic nitrogens is 2. The van der Waals surface area contributed by atoms with Gasteiger partial charge in [-0.2, -0.15) is 0 Å². The number of H-pyrrole nitrogens is 1. The summed E-state index contributed by atoms with van der Waals surface area (Å²) in [6.45, 7) is 0.862. The first-order valence-corrected chi connectivity index (χ1v) is 6.50. The average Bonchev–Trinajstić information content (AvgIpc) is 2.78. The molecule has 0 saturated carbocycles. The number of likely N-dealkylation sites (tertiary alicyclic amines) is 1. The minimum Gasteiger partial charge on any atom is -0.389 e. The lowest BCUT2D eigenvalue weighted by molar-refractivity contribution is -0.130. The second kappa shape index (κ2) is 6.02. The minimum absolute atomic E-state index is 0.0885. The second-order valence-corrected chi connectivity index (χ2v) is 4.84. The number of carbonyl (C=O) groups is 1. The molecule has 1 aliphatic heterocycles. The predicted octanol–water partition coefficient (Wildman–Crippen LogP) is -1.98. The molecule has 0 aromatic carbocycles. The molecule has 0 aliphatic carbocycles. The van der Waals surface area contributed by atoms with Gasteiger partial charge in [-0.15, -0.1) is 0 Å². The molecule has 1 saturated heterocycles. The highest BCUT2D eigenvalue weighted by Crippen LogP contribution is 2.21. The van der Waals surface area contributed by atoms with Gasteiger partial charge in [0.2, 0.25) is 5.91 Å². The summed E-state index contributed by atoms with van der Waals surface area (Å²) in [6.07, 6.45) is 1.43. The summed E-state index contributed by atoms with van der Waals surface area (Å²) < 4.78 is 1.25. The van der Waals surface area contributed by atoms with Crippen molar-refractivity contribution in [2.45, 2.75) is 25.0 Å². The highest BCUT2D eigenvalue weighted by atomic mass is 16.3. The van der Waals surface area contributed by atoms with Crippen molar-refractivity contribution in [3.8, 4) is 0 Å². The Balaban J connectivity index is 2.13. The Labute approximate surface area is 114 Å². The molecular formula is C12H18N4O4. The quantitative estimate of drug-likeness (QED) is 0.591. The normalized spacial score (nSPS) is 22.2. The first-order chi connectivity index (χ1) is 9.52. The molecule has 1 aliphatic rings. The largest absolute Gasteiger partial charge is 0.389 e. The number of nitrogens with one attached hydrogen (secondary N) is 1. The number of amides is 1. The van der Waals surface area contributed by atoms with E-state index in [-0.39, 0.29) is 19.0 Å². The van der Waals surface area contributed by atoms with Crippen LogP contribution in [-0.2, 0) is 4.79 Å². The third-order valence-electron chi connectivity index (χ3n) is 3.41. The van der Waals surface area contributed by atoms with Crippen molar-refractivity contribution in [1.29, 1.82) is 0 Å². The SMILES string of the molecule is NCCCC(=O)N1C[C@@H](O)[C@H](n2ccc(=O)[nH]c2=O)C1. The minimum atomic E-state index is -0.833. The van der Waals surface area contributed by atoms with Crippen LogP contribution in [0.1, 0.15) is 18.9 Å². The number of nitrogens with zero attached hydrogens (tertiary/aromatic N) is 2. The van der Waals surface area contributed by atoms with E-state index in [0.717, 1.165) is 0 Å². The molecule has 1 fully saturated rings. The Morgan fingerprint density at radius 2 is 2.20 bits per heavy atom. The third kappa shape index (κ3) is 2.97. The summed E-state index contributed by atoms with van der Waals surface area (Å²) in [4.78, 5) is 38.3. The number of hydrogen-bond acceptors (Lipinski definition) is 5. The molecule has 0 bridgehead atoms. The smallest absolute Gasteiger partial charge is 0.328 e. The predicted molar refractivity (Wildman–Crippen MR) is 71.2 cm³/mol. The van der Waals surface area contributed by atoms with Crippen LogP contribution >= 0.6 is 0 Å². The molecule has 0 radical (unpaired) electrons. The molecule has 1 aromatic heterocycles. The molecule has 2 rings (SSSR count). The zero-order chi connectivity index (χ0) is 14.7. The standard InChI is InChI=1S/C12H18N4O4/c13-4-1-2-11(19)15-6-8(9(17)7-15)16-5-3-10(18)14-12(16)20/h3,5,8-9,17H,1-2,4,6-7,13H2,(H,14,18,20)/t8-,9-/m1/s1. The van der Waals surface area contributed by atoms with Crippen molar-refractivity contribution < 1.29 is 9.90 Å². The number of aliphatic hydroxyl groups excluding tert-OH is 1. The Morgan fingerprint density at radius 3 is 2.85 bits per heavy atom. The summed E-state index contributed by atoms with van der Waals surface area (Å²) in [5, 5.41) is 10.0. The number of aliphatic hydroxyl groups is 1. The summed E-state index contributed by atoms with van der Waals surface area (Å²) in [6, 6.07) is 0.675. The molecule has 0 unspecified atom stereocenters. The molecular weight excluding hydrogens is 264 g/mol. The van der Waals surface area contributed by atoms with Gasteiger partial charge in [-0.3, -0.25) is 19.1 Å². The van der Waals surface area contributed by atoms with E-state index in [4.69, 9.17) is 5.73 Å². The van der Waals surface area contributed by atoms with Gasteiger partial charge < -0.3 is 15.7 Å². The van der Waals surface area contributed by atoms with Crippen molar-refractivity contribution in [3.63, 3.8) is 0 Å². The maximum absolute atomic E-state index is 11.9. The Hall–Kier alpha value is -1.93. The zero-order valence-electron chi connectivity index (χ0n) is 11.0. The van der Waals surface area contributed by atoms with Gasteiger partial charge in [0.05, 0.1) is 12.1 Å². The maximum atomic E-state index is 11.9. The number of nitrogens with two attached hydrogens (primary N) is 1. The molecule has 8 heteroatoms. The Bertz CT molecular complexity index is 594. The van der Waals surface area contributed by atoms with E-state index in [1.54, 1.807) is 0 Å². The molecule has 1 aromatic rings. The average molecular weight is 282 g/mol. The first-order valence-electron chi connectivity index (χ1n) is 6.50. The van der Waals surface area contributed by atoms with E-state index >= 15 is 0 Å². The van der Waals surface area contributed by atoms with Crippen molar-refractivity contribution in [1.82, 2.24) is 14.5 Å². The Morgan fingerprint density at radius 1 is 1.45 bits per heavy atom. The van der Waals surface area contributed by atoms with Gasteiger partial charge >= 0.3 is 5.69 Å². The van der Waals surface area contributed by atoms with Crippen molar-refractivity contribution in [2.24, 2.45) is 5.73 Å². The maximum Gasteiger partial charge on any atom is 0.328 e. The molecule has 1 amide bonds. The van der Waals surface area contributed by atoms with Gasteiger partial charge in [0.25, 0.3) is 5.56 Å². The Kier molecular flexibility index (Phi) is 4.35. The molecule has 4 N–H and O–H groups in total. The fourth-order valence-corrected chi connectivity index (χ4v) is 2.35. The van der Waals surface area contributed by atoms with Crippen LogP contribution in [0.4, 0.5) is 0 Å². The summed E-state index contributed by atoms with van der Waals surface area (Å²) in [5.74, 6) is -0.0885. The van der Waals surface area contributed by atoms with E-state index in [2.05, 4.69) is 4.98 Å². The van der Waals surface area contributed by atoms with E-state index in [9.17, 15) is 19.5 Å². The fraction of sp³-hybridized carbons (Fsp3) is 0.583. The lowest BCUT2D eigenvalue weighted by atomic mass is 10.2. The van der Waals surface area contributed by atoms with E-state index in [1.165, 1.54) is 21.7 Å². The van der Waals surface area contributed by atoms with E-state index < -0.39 is 23.4 Å². The van der Waals surface area contributed by atoms with Crippen LogP contribution in [0.3, 0.4) is 0 Å². The van der Waals surface area contributed by atoms with Gasteiger partial charge in [0, 0.05) is 31.8 Å². The van der Waals surface area contributed by atoms with Crippen molar-refractivity contribution in [2.75, 3.05) is 19.6 Å². The monoisotopic (exact) mass is 282 g/mol. The number of rotatable bonds is 4. The van der Waals surface area contributed by atoms with Gasteiger partial charge in [0.15, 0.2) is 0 Å². The second-order valence-electron chi connectivity index (χ2n) is 4.84. The van der Waals surface area contributed by atoms with Gasteiger partial charge in [-0.1, -0.05) is 0 Å². The van der Waals surface area contributed by atoms with Gasteiger partial charge in [-0.05, 0) is 13.0 Å². The van der Waals surface area contributed by atoms with Gasteiger partial charge in [0.1, 0.15) is 0 Å². The number of hydrogen-bond donors (Lipinski definition) is 3. The highest BCUT2D eigenvalue weighted by molar-refractivity contribution is 5.76. The number of aromatic amines is 1. The lowest BCUT2D eigenvalue weighted by Crippen LogP contribution is -2.36. The molecule has 8 nitrogen and oxygen atoms in total. The molecule has 0 spiro atoms. The van der Waals surface area contributed by atoms with Crippen LogP contribution in [0.2, 0.25) is 0 Å². The van der Waals surface area contributed by atoms with Crippen molar-refractivity contribution in [3.05, 3.63) is 33.1 Å². The molecule has 2 atom stereocenters. The topological polar surface area (TPSA) is 121 Å².